The second-order valence-corrected chi connectivity index (χ2v) is 14.1. The number of rotatable bonds is 12. The molecule has 0 saturated heterocycles. The van der Waals surface area contributed by atoms with Crippen molar-refractivity contribution < 1.29 is 28.7 Å². The first-order valence-corrected chi connectivity index (χ1v) is 18.3. The van der Waals surface area contributed by atoms with Crippen LogP contribution in [0.2, 0.25) is 0 Å². The summed E-state index contributed by atoms with van der Waals surface area (Å²) in [6, 6.07) is 23.0. The molecule has 0 radical (unpaired) electrons. The molecule has 11 heteroatoms. The van der Waals surface area contributed by atoms with Gasteiger partial charge in [-0.2, -0.15) is 0 Å². The summed E-state index contributed by atoms with van der Waals surface area (Å²) >= 11 is 2.84. The van der Waals surface area contributed by atoms with Crippen molar-refractivity contribution in [2.45, 2.75) is 62.0 Å². The molecule has 1 atom stereocenters. The Kier molecular flexibility index (Phi) is 12.9. The van der Waals surface area contributed by atoms with Crippen LogP contribution in [0.3, 0.4) is 0 Å². The molecule has 0 spiro atoms. The number of fused-ring (bicyclic) bond motifs is 1. The standard InChI is InChI=1S/C39H41N3O6S2/c1-4-32(37(45)42-38-34(39(46)48-3)30-20-10-5-6-11-21-33(30)50-38)49-29-19-13-17-27(24-29)40-36(44)31(23-25-14-12-18-28(22-25)47-2)41-35(43)26-15-8-7-9-16-26/h7-9,12-19,22-24,32H,4-6,10-11,20-21H2,1-3H3,(H,40,44)(H,41,43)(H,42,45)/b31-23-. The number of carbonyl (C=O) groups excluding carboxylic acids is 4. The third-order valence-electron chi connectivity index (χ3n) is 8.26. The normalized spacial score (nSPS) is 13.5. The van der Waals surface area contributed by atoms with Crippen LogP contribution in [0.5, 0.6) is 5.75 Å². The smallest absolute Gasteiger partial charge is 0.341 e. The van der Waals surface area contributed by atoms with Crippen molar-refractivity contribution in [3.8, 4) is 5.75 Å². The predicted octanol–water partition coefficient (Wildman–Crippen LogP) is 8.12. The number of benzene rings is 3. The third kappa shape index (κ3) is 9.42. The Morgan fingerprint density at radius 2 is 1.64 bits per heavy atom. The minimum Gasteiger partial charge on any atom is -0.497 e. The number of hydrogen-bond donors (Lipinski definition) is 3. The average Bonchev–Trinajstić information content (AvgIpc) is 3.45. The average molecular weight is 712 g/mol. The molecule has 0 fully saturated rings. The Labute approximate surface area is 300 Å². The van der Waals surface area contributed by atoms with E-state index in [1.807, 2.05) is 19.1 Å². The van der Waals surface area contributed by atoms with Crippen molar-refractivity contribution in [1.82, 2.24) is 5.32 Å². The van der Waals surface area contributed by atoms with E-state index in [1.54, 1.807) is 79.9 Å². The summed E-state index contributed by atoms with van der Waals surface area (Å²) in [5.74, 6) is -0.976. The molecular weight excluding hydrogens is 671 g/mol. The SMILES string of the molecule is CCC(Sc1cccc(NC(=O)/C(=C/c2cccc(OC)c2)NC(=O)c2ccccc2)c1)C(=O)Nc1sc2c(c1C(=O)OC)CCCCCC2. The van der Waals surface area contributed by atoms with Gasteiger partial charge >= 0.3 is 5.97 Å². The zero-order chi connectivity index (χ0) is 35.5. The number of nitrogens with one attached hydrogen (secondary N) is 3. The number of methoxy groups -OCH3 is 2. The van der Waals surface area contributed by atoms with Crippen LogP contribution in [0.15, 0.2) is 89.5 Å². The number of anilines is 2. The van der Waals surface area contributed by atoms with Gasteiger partial charge in [0.05, 0.1) is 25.0 Å². The first-order valence-electron chi connectivity index (χ1n) is 16.6. The summed E-state index contributed by atoms with van der Waals surface area (Å²) in [6.07, 6.45) is 8.13. The van der Waals surface area contributed by atoms with Crippen molar-refractivity contribution in [3.05, 3.63) is 112 Å². The van der Waals surface area contributed by atoms with Crippen LogP contribution in [0.4, 0.5) is 10.7 Å². The van der Waals surface area contributed by atoms with E-state index in [0.717, 1.165) is 53.9 Å². The van der Waals surface area contributed by atoms with Crippen molar-refractivity contribution in [1.29, 1.82) is 0 Å². The lowest BCUT2D eigenvalue weighted by Crippen LogP contribution is -2.30. The van der Waals surface area contributed by atoms with Gasteiger partial charge in [0.15, 0.2) is 0 Å². The molecule has 0 aliphatic heterocycles. The highest BCUT2D eigenvalue weighted by Crippen LogP contribution is 2.38. The van der Waals surface area contributed by atoms with E-state index in [1.165, 1.54) is 30.2 Å². The molecular formula is C39H41N3O6S2. The molecule has 3 aromatic carbocycles. The lowest BCUT2D eigenvalue weighted by Gasteiger charge is -2.16. The van der Waals surface area contributed by atoms with Gasteiger partial charge < -0.3 is 25.4 Å². The molecule has 1 heterocycles. The maximum atomic E-state index is 13.6. The maximum absolute atomic E-state index is 13.6. The number of amides is 3. The van der Waals surface area contributed by atoms with Gasteiger partial charge in [-0.3, -0.25) is 14.4 Å². The zero-order valence-corrected chi connectivity index (χ0v) is 30.0. The van der Waals surface area contributed by atoms with E-state index in [0.29, 0.717) is 39.5 Å². The molecule has 260 valence electrons. The number of esters is 1. The molecule has 5 rings (SSSR count). The van der Waals surface area contributed by atoms with E-state index < -0.39 is 23.0 Å². The Hall–Kier alpha value is -4.87. The quantitative estimate of drug-likeness (QED) is 0.0771. The predicted molar refractivity (Wildman–Crippen MR) is 200 cm³/mol. The summed E-state index contributed by atoms with van der Waals surface area (Å²) in [5, 5.41) is 8.78. The Balaban J connectivity index is 1.33. The van der Waals surface area contributed by atoms with Gasteiger partial charge in [-0.15, -0.1) is 23.1 Å². The maximum Gasteiger partial charge on any atom is 0.341 e. The number of thiophene rings is 1. The number of hydrogen-bond acceptors (Lipinski definition) is 8. The Morgan fingerprint density at radius 3 is 2.38 bits per heavy atom. The van der Waals surface area contributed by atoms with Crippen LogP contribution in [0, 0.1) is 0 Å². The van der Waals surface area contributed by atoms with E-state index in [-0.39, 0.29) is 11.6 Å². The molecule has 1 aliphatic carbocycles. The van der Waals surface area contributed by atoms with Gasteiger partial charge in [0.1, 0.15) is 16.4 Å². The number of ether oxygens (including phenoxy) is 2. The molecule has 0 saturated carbocycles. The number of thioether (sulfide) groups is 1. The highest BCUT2D eigenvalue weighted by Gasteiger charge is 2.28. The third-order valence-corrected chi connectivity index (χ3v) is 10.8. The van der Waals surface area contributed by atoms with E-state index in [4.69, 9.17) is 9.47 Å². The van der Waals surface area contributed by atoms with Crippen LogP contribution in [-0.2, 0) is 27.2 Å². The van der Waals surface area contributed by atoms with Crippen molar-refractivity contribution >= 4 is 63.6 Å². The fourth-order valence-corrected chi connectivity index (χ4v) is 7.98. The van der Waals surface area contributed by atoms with Crippen LogP contribution in [-0.4, -0.2) is 43.2 Å². The summed E-state index contributed by atoms with van der Waals surface area (Å²) in [4.78, 5) is 55.1. The van der Waals surface area contributed by atoms with E-state index >= 15 is 0 Å². The molecule has 50 heavy (non-hydrogen) atoms. The molecule has 3 amide bonds. The van der Waals surface area contributed by atoms with Crippen LogP contribution >= 0.6 is 23.1 Å². The second kappa shape index (κ2) is 17.7. The van der Waals surface area contributed by atoms with E-state index in [2.05, 4.69) is 16.0 Å². The van der Waals surface area contributed by atoms with Crippen LogP contribution in [0.1, 0.15) is 75.7 Å². The lowest BCUT2D eigenvalue weighted by molar-refractivity contribution is -0.116. The second-order valence-electron chi connectivity index (χ2n) is 11.8. The minimum atomic E-state index is -0.521. The number of aryl methyl sites for hydroxylation is 1. The first kappa shape index (κ1) is 36.4. The van der Waals surface area contributed by atoms with Gasteiger partial charge in [-0.1, -0.05) is 56.2 Å². The number of carbonyl (C=O) groups is 4. The fourth-order valence-electron chi connectivity index (χ4n) is 5.69. The molecule has 9 nitrogen and oxygen atoms in total. The minimum absolute atomic E-state index is 0.0439. The van der Waals surface area contributed by atoms with Gasteiger partial charge in [-0.05, 0) is 91.8 Å². The topological polar surface area (TPSA) is 123 Å². The Bertz CT molecular complexity index is 1870. The summed E-state index contributed by atoms with van der Waals surface area (Å²) in [7, 11) is 2.92. The van der Waals surface area contributed by atoms with E-state index in [9.17, 15) is 19.2 Å². The molecule has 1 aliphatic rings. The molecule has 1 aromatic heterocycles. The van der Waals surface area contributed by atoms with Gasteiger partial charge in [-0.25, -0.2) is 4.79 Å². The monoisotopic (exact) mass is 711 g/mol. The molecule has 1 unspecified atom stereocenters. The Morgan fingerprint density at radius 1 is 0.880 bits per heavy atom. The highest BCUT2D eigenvalue weighted by atomic mass is 32.2. The van der Waals surface area contributed by atoms with Crippen molar-refractivity contribution in [2.75, 3.05) is 24.9 Å². The molecule has 0 bridgehead atoms. The van der Waals surface area contributed by atoms with Crippen molar-refractivity contribution in [2.24, 2.45) is 0 Å². The van der Waals surface area contributed by atoms with Gasteiger partial charge in [0.25, 0.3) is 11.8 Å². The van der Waals surface area contributed by atoms with Crippen LogP contribution < -0.4 is 20.7 Å². The molecule has 4 aromatic rings. The largest absolute Gasteiger partial charge is 0.497 e. The zero-order valence-electron chi connectivity index (χ0n) is 28.4. The summed E-state index contributed by atoms with van der Waals surface area (Å²) in [6.45, 7) is 1.93. The fraction of sp³-hybridized carbons (Fsp3) is 0.282. The van der Waals surface area contributed by atoms with Crippen molar-refractivity contribution in [3.63, 3.8) is 0 Å². The van der Waals surface area contributed by atoms with Crippen LogP contribution in [0.25, 0.3) is 6.08 Å². The van der Waals surface area contributed by atoms with Gasteiger partial charge in [0, 0.05) is 21.0 Å². The summed E-state index contributed by atoms with van der Waals surface area (Å²) in [5.41, 5.74) is 3.09. The highest BCUT2D eigenvalue weighted by molar-refractivity contribution is 8.00. The van der Waals surface area contributed by atoms with Gasteiger partial charge in [0.2, 0.25) is 5.91 Å². The molecule has 3 N–H and O–H groups in total. The first-order chi connectivity index (χ1) is 24.3. The summed E-state index contributed by atoms with van der Waals surface area (Å²) < 4.78 is 10.5. The lowest BCUT2D eigenvalue weighted by atomic mass is 9.96.